The minimum absolute atomic E-state index is 0.323. The SMILES string of the molecule is CC(C)(O)CCN1C(=O)C(=O)c2cccc(Br)c21. The third kappa shape index (κ3) is 2.33. The predicted molar refractivity (Wildman–Crippen MR) is 71.7 cm³/mol. The van der Waals surface area contributed by atoms with Crippen molar-refractivity contribution in [1.29, 1.82) is 0 Å². The van der Waals surface area contributed by atoms with E-state index < -0.39 is 17.3 Å². The average Bonchev–Trinajstić information content (AvgIpc) is 2.51. The molecule has 0 saturated carbocycles. The van der Waals surface area contributed by atoms with Crippen LogP contribution in [0.5, 0.6) is 0 Å². The van der Waals surface area contributed by atoms with Gasteiger partial charge < -0.3 is 10.0 Å². The van der Waals surface area contributed by atoms with Crippen LogP contribution in [0.4, 0.5) is 5.69 Å². The lowest BCUT2D eigenvalue weighted by Gasteiger charge is -2.23. The highest BCUT2D eigenvalue weighted by molar-refractivity contribution is 9.10. The molecule has 2 rings (SSSR count). The Kier molecular flexibility index (Phi) is 3.29. The van der Waals surface area contributed by atoms with Crippen LogP contribution >= 0.6 is 15.9 Å². The molecule has 96 valence electrons. The molecule has 1 aromatic carbocycles. The number of ketones is 1. The number of hydrogen-bond donors (Lipinski definition) is 1. The first-order valence-electron chi connectivity index (χ1n) is 5.68. The lowest BCUT2D eigenvalue weighted by molar-refractivity contribution is -0.114. The van der Waals surface area contributed by atoms with Crippen molar-refractivity contribution >= 4 is 33.3 Å². The molecule has 0 unspecified atom stereocenters. The fourth-order valence-electron chi connectivity index (χ4n) is 1.91. The number of halogens is 1. The van der Waals surface area contributed by atoms with Gasteiger partial charge in [-0.25, -0.2) is 0 Å². The monoisotopic (exact) mass is 311 g/mol. The first kappa shape index (κ1) is 13.2. The van der Waals surface area contributed by atoms with Crippen LogP contribution in [0.2, 0.25) is 0 Å². The Labute approximate surface area is 114 Å². The van der Waals surface area contributed by atoms with E-state index in [1.54, 1.807) is 32.0 Å². The predicted octanol–water partition coefficient (Wildman–Crippen LogP) is 2.14. The molecular weight excluding hydrogens is 298 g/mol. The van der Waals surface area contributed by atoms with E-state index in [-0.39, 0.29) is 0 Å². The van der Waals surface area contributed by atoms with Crippen molar-refractivity contribution in [2.45, 2.75) is 25.9 Å². The maximum absolute atomic E-state index is 11.9. The van der Waals surface area contributed by atoms with E-state index in [2.05, 4.69) is 15.9 Å². The zero-order chi connectivity index (χ0) is 13.5. The highest BCUT2D eigenvalue weighted by Gasteiger charge is 2.37. The summed E-state index contributed by atoms with van der Waals surface area (Å²) in [7, 11) is 0. The maximum atomic E-state index is 11.9. The molecule has 18 heavy (non-hydrogen) atoms. The van der Waals surface area contributed by atoms with Gasteiger partial charge in [-0.05, 0) is 48.3 Å². The van der Waals surface area contributed by atoms with Crippen LogP contribution in [-0.2, 0) is 4.79 Å². The zero-order valence-corrected chi connectivity index (χ0v) is 11.8. The smallest absolute Gasteiger partial charge is 0.299 e. The Balaban J connectivity index is 2.34. The molecule has 0 saturated heterocycles. The molecule has 0 fully saturated rings. The van der Waals surface area contributed by atoms with Gasteiger partial charge in [0.05, 0.1) is 16.9 Å². The lowest BCUT2D eigenvalue weighted by Crippen LogP contribution is -2.35. The van der Waals surface area contributed by atoms with E-state index in [1.165, 1.54) is 4.90 Å². The van der Waals surface area contributed by atoms with Gasteiger partial charge in [0.25, 0.3) is 11.7 Å². The van der Waals surface area contributed by atoms with Crippen molar-refractivity contribution in [3.05, 3.63) is 28.2 Å². The molecule has 1 aliphatic heterocycles. The number of benzene rings is 1. The molecule has 1 N–H and O–H groups in total. The van der Waals surface area contributed by atoms with Crippen LogP contribution in [0.1, 0.15) is 30.6 Å². The number of anilines is 1. The standard InChI is InChI=1S/C13H14BrNO3/c1-13(2,18)6-7-15-10-8(11(16)12(15)17)4-3-5-9(10)14/h3-5,18H,6-7H2,1-2H3. The number of amides is 1. The van der Waals surface area contributed by atoms with E-state index in [0.29, 0.717) is 24.2 Å². The number of Topliss-reactive ketones (excluding diaryl/α,β-unsaturated/α-hetero) is 1. The first-order valence-corrected chi connectivity index (χ1v) is 6.47. The number of rotatable bonds is 3. The van der Waals surface area contributed by atoms with E-state index in [9.17, 15) is 14.7 Å². The second kappa shape index (κ2) is 4.48. The van der Waals surface area contributed by atoms with Gasteiger partial charge in [0.15, 0.2) is 0 Å². The van der Waals surface area contributed by atoms with E-state index in [4.69, 9.17) is 0 Å². The molecule has 0 atom stereocenters. The van der Waals surface area contributed by atoms with Crippen molar-refractivity contribution < 1.29 is 14.7 Å². The number of hydrogen-bond acceptors (Lipinski definition) is 3. The minimum Gasteiger partial charge on any atom is -0.390 e. The van der Waals surface area contributed by atoms with Crippen molar-refractivity contribution in [3.63, 3.8) is 0 Å². The van der Waals surface area contributed by atoms with Crippen LogP contribution in [0.25, 0.3) is 0 Å². The number of nitrogens with zero attached hydrogens (tertiary/aromatic N) is 1. The van der Waals surface area contributed by atoms with Crippen LogP contribution < -0.4 is 4.90 Å². The number of aliphatic hydroxyl groups is 1. The van der Waals surface area contributed by atoms with Gasteiger partial charge in [-0.2, -0.15) is 0 Å². The Bertz CT molecular complexity index is 519. The van der Waals surface area contributed by atoms with Gasteiger partial charge >= 0.3 is 0 Å². The summed E-state index contributed by atoms with van der Waals surface area (Å²) in [4.78, 5) is 25.1. The maximum Gasteiger partial charge on any atom is 0.299 e. The number of carbonyl (C=O) groups is 2. The van der Waals surface area contributed by atoms with E-state index in [0.717, 1.165) is 4.47 Å². The highest BCUT2D eigenvalue weighted by Crippen LogP contribution is 2.36. The molecule has 0 aromatic heterocycles. The lowest BCUT2D eigenvalue weighted by atomic mass is 10.1. The summed E-state index contributed by atoms with van der Waals surface area (Å²) in [6.07, 6.45) is 0.410. The van der Waals surface area contributed by atoms with E-state index in [1.807, 2.05) is 0 Å². The second-order valence-corrected chi connectivity index (χ2v) is 5.84. The fourth-order valence-corrected chi connectivity index (χ4v) is 2.49. The van der Waals surface area contributed by atoms with Gasteiger partial charge in [0.1, 0.15) is 0 Å². The molecule has 5 heteroatoms. The van der Waals surface area contributed by atoms with Gasteiger partial charge in [0, 0.05) is 11.0 Å². The minimum atomic E-state index is -0.868. The van der Waals surface area contributed by atoms with Crippen molar-refractivity contribution in [2.24, 2.45) is 0 Å². The van der Waals surface area contributed by atoms with Gasteiger partial charge in [0.2, 0.25) is 0 Å². The van der Waals surface area contributed by atoms with Gasteiger partial charge in [-0.3, -0.25) is 9.59 Å². The number of para-hydroxylation sites is 1. The molecule has 1 amide bonds. The summed E-state index contributed by atoms with van der Waals surface area (Å²) >= 11 is 3.35. The molecule has 1 aliphatic rings. The van der Waals surface area contributed by atoms with E-state index >= 15 is 0 Å². The topological polar surface area (TPSA) is 57.6 Å². The van der Waals surface area contributed by atoms with Crippen LogP contribution in [0.15, 0.2) is 22.7 Å². The summed E-state index contributed by atoms with van der Waals surface area (Å²) in [5, 5.41) is 9.71. The fraction of sp³-hybridized carbons (Fsp3) is 0.385. The summed E-state index contributed by atoms with van der Waals surface area (Å²) < 4.78 is 0.718. The summed E-state index contributed by atoms with van der Waals surface area (Å²) in [5.41, 5.74) is 0.162. The first-order chi connectivity index (χ1) is 8.31. The Hall–Kier alpha value is -1.20. The molecule has 0 aliphatic carbocycles. The average molecular weight is 312 g/mol. The van der Waals surface area contributed by atoms with Gasteiger partial charge in [-0.1, -0.05) is 6.07 Å². The normalized spacial score (nSPS) is 15.2. The Morgan fingerprint density at radius 2 is 2.00 bits per heavy atom. The van der Waals surface area contributed by atoms with Crippen LogP contribution in [-0.4, -0.2) is 28.9 Å². The molecule has 1 heterocycles. The highest BCUT2D eigenvalue weighted by atomic mass is 79.9. The molecule has 0 spiro atoms. The van der Waals surface area contributed by atoms with Gasteiger partial charge in [-0.15, -0.1) is 0 Å². The van der Waals surface area contributed by atoms with Crippen molar-refractivity contribution in [3.8, 4) is 0 Å². The summed E-state index contributed by atoms with van der Waals surface area (Å²) in [6, 6.07) is 5.17. The van der Waals surface area contributed by atoms with Crippen molar-refractivity contribution in [2.75, 3.05) is 11.4 Å². The zero-order valence-electron chi connectivity index (χ0n) is 10.2. The molecule has 1 aromatic rings. The molecule has 4 nitrogen and oxygen atoms in total. The number of carbonyl (C=O) groups excluding carboxylic acids is 2. The summed E-state index contributed by atoms with van der Waals surface area (Å²) in [6.45, 7) is 3.68. The Morgan fingerprint density at radius 3 is 2.61 bits per heavy atom. The third-order valence-electron chi connectivity index (χ3n) is 2.89. The molecular formula is C13H14BrNO3. The molecule has 0 bridgehead atoms. The quantitative estimate of drug-likeness (QED) is 0.870. The van der Waals surface area contributed by atoms with Crippen molar-refractivity contribution in [1.82, 2.24) is 0 Å². The second-order valence-electron chi connectivity index (χ2n) is 4.98. The largest absolute Gasteiger partial charge is 0.390 e. The third-order valence-corrected chi connectivity index (χ3v) is 3.53. The van der Waals surface area contributed by atoms with Crippen LogP contribution in [0.3, 0.4) is 0 Å². The number of fused-ring (bicyclic) bond motifs is 1. The Morgan fingerprint density at radius 1 is 1.33 bits per heavy atom. The summed E-state index contributed by atoms with van der Waals surface area (Å²) in [5.74, 6) is -1.01. The van der Waals surface area contributed by atoms with Crippen LogP contribution in [0, 0.1) is 0 Å². The molecule has 0 radical (unpaired) electrons.